The minimum atomic E-state index is -0.845. The second-order valence-corrected chi connectivity index (χ2v) is 6.44. The Morgan fingerprint density at radius 3 is 2.54 bits per heavy atom. The summed E-state index contributed by atoms with van der Waals surface area (Å²) >= 11 is 0. The first-order valence-corrected chi connectivity index (χ1v) is 8.53. The van der Waals surface area contributed by atoms with Gasteiger partial charge in [-0.3, -0.25) is 4.79 Å². The van der Waals surface area contributed by atoms with E-state index >= 15 is 0 Å². The Morgan fingerprint density at radius 2 is 1.92 bits per heavy atom. The van der Waals surface area contributed by atoms with E-state index in [1.807, 2.05) is 19.1 Å². The quantitative estimate of drug-likeness (QED) is 0.878. The predicted molar refractivity (Wildman–Crippen MR) is 90.4 cm³/mol. The topological polar surface area (TPSA) is 88.2 Å². The molecule has 1 amide bonds. The van der Waals surface area contributed by atoms with Gasteiger partial charge >= 0.3 is 0 Å². The number of nitrogens with one attached hydrogen (secondary N) is 1. The van der Waals surface area contributed by atoms with Gasteiger partial charge in [-0.2, -0.15) is 0 Å². The third kappa shape index (κ3) is 4.00. The number of hydrogen-bond donors (Lipinski definition) is 2. The van der Waals surface area contributed by atoms with E-state index in [1.165, 1.54) is 0 Å². The number of hydrogen-bond acceptors (Lipinski definition) is 5. The molecule has 1 aromatic carbocycles. The lowest BCUT2D eigenvalue weighted by Crippen LogP contribution is -2.35. The van der Waals surface area contributed by atoms with E-state index in [2.05, 4.69) is 15.5 Å². The number of benzene rings is 1. The number of carbonyl (C=O) groups excluding carboxylic acids is 1. The molecule has 0 radical (unpaired) electrons. The molecule has 0 saturated heterocycles. The lowest BCUT2D eigenvalue weighted by Gasteiger charge is -2.31. The second-order valence-electron chi connectivity index (χ2n) is 6.44. The molecule has 24 heavy (non-hydrogen) atoms. The maximum Gasteiger partial charge on any atom is 0.247 e. The van der Waals surface area contributed by atoms with Crippen molar-refractivity contribution >= 4 is 11.6 Å². The second kappa shape index (κ2) is 7.13. The van der Waals surface area contributed by atoms with Gasteiger partial charge < -0.3 is 14.8 Å². The lowest BCUT2D eigenvalue weighted by atomic mass is 9.82. The molecule has 0 spiro atoms. The number of carbonyl (C=O) groups is 1. The van der Waals surface area contributed by atoms with E-state index in [0.717, 1.165) is 24.8 Å². The monoisotopic (exact) mass is 329 g/mol. The number of aryl methyl sites for hydroxylation is 1. The molecule has 0 unspecified atom stereocenters. The van der Waals surface area contributed by atoms with Crippen LogP contribution in [0.1, 0.15) is 51.3 Å². The highest BCUT2D eigenvalue weighted by Gasteiger charge is 2.31. The molecular weight excluding hydrogens is 306 g/mol. The van der Waals surface area contributed by atoms with Gasteiger partial charge in [0.2, 0.25) is 17.7 Å². The van der Waals surface area contributed by atoms with Crippen LogP contribution in [0.15, 0.2) is 28.7 Å². The van der Waals surface area contributed by atoms with Crippen LogP contribution in [0, 0.1) is 0 Å². The standard InChI is InChI=1S/C18H23N3O3/c1-2-16-20-21-17(24-16)13-6-8-14(9-7-13)19-15(22)12-18(23)10-4-3-5-11-18/h6-9,23H,2-5,10-12H2,1H3,(H,19,22). The predicted octanol–water partition coefficient (Wildman–Crippen LogP) is 3.32. The molecule has 6 heteroatoms. The molecule has 0 atom stereocenters. The Balaban J connectivity index is 1.60. The summed E-state index contributed by atoms with van der Waals surface area (Å²) in [6.07, 6.45) is 5.38. The smallest absolute Gasteiger partial charge is 0.247 e. The Morgan fingerprint density at radius 1 is 1.21 bits per heavy atom. The first kappa shape index (κ1) is 16.6. The van der Waals surface area contributed by atoms with Gasteiger partial charge in [-0.15, -0.1) is 10.2 Å². The molecule has 1 aliphatic carbocycles. The number of nitrogens with zero attached hydrogens (tertiary/aromatic N) is 2. The van der Waals surface area contributed by atoms with Crippen molar-refractivity contribution in [3.05, 3.63) is 30.2 Å². The van der Waals surface area contributed by atoms with Crippen molar-refractivity contribution in [1.29, 1.82) is 0 Å². The Labute approximate surface area is 141 Å². The number of aromatic nitrogens is 2. The van der Waals surface area contributed by atoms with Gasteiger partial charge in [0.25, 0.3) is 0 Å². The summed E-state index contributed by atoms with van der Waals surface area (Å²) in [7, 11) is 0. The summed E-state index contributed by atoms with van der Waals surface area (Å²) in [6.45, 7) is 1.95. The average molecular weight is 329 g/mol. The zero-order valence-corrected chi connectivity index (χ0v) is 13.9. The van der Waals surface area contributed by atoms with Gasteiger partial charge in [0.15, 0.2) is 0 Å². The summed E-state index contributed by atoms with van der Waals surface area (Å²) in [5, 5.41) is 21.2. The third-order valence-electron chi connectivity index (χ3n) is 4.46. The molecule has 2 aromatic rings. The molecular formula is C18H23N3O3. The van der Waals surface area contributed by atoms with Crippen molar-refractivity contribution in [2.24, 2.45) is 0 Å². The van der Waals surface area contributed by atoms with Crippen LogP contribution in [0.3, 0.4) is 0 Å². The summed E-state index contributed by atoms with van der Waals surface area (Å²) in [4.78, 5) is 12.2. The minimum Gasteiger partial charge on any atom is -0.421 e. The van der Waals surface area contributed by atoms with E-state index in [1.54, 1.807) is 12.1 Å². The highest BCUT2D eigenvalue weighted by molar-refractivity contribution is 5.91. The van der Waals surface area contributed by atoms with Crippen molar-refractivity contribution in [2.45, 2.75) is 57.5 Å². The maximum absolute atomic E-state index is 12.2. The van der Waals surface area contributed by atoms with Crippen LogP contribution in [0.2, 0.25) is 0 Å². The summed E-state index contributed by atoms with van der Waals surface area (Å²) in [5.74, 6) is 0.919. The van der Waals surface area contributed by atoms with E-state index in [-0.39, 0.29) is 12.3 Å². The molecule has 3 rings (SSSR count). The van der Waals surface area contributed by atoms with Crippen molar-refractivity contribution in [2.75, 3.05) is 5.32 Å². The Bertz CT molecular complexity index is 688. The van der Waals surface area contributed by atoms with E-state index in [4.69, 9.17) is 4.42 Å². The van der Waals surface area contributed by atoms with Gasteiger partial charge in [0.1, 0.15) is 0 Å². The van der Waals surface area contributed by atoms with Gasteiger partial charge in [-0.25, -0.2) is 0 Å². The number of rotatable bonds is 5. The van der Waals surface area contributed by atoms with E-state index < -0.39 is 5.60 Å². The van der Waals surface area contributed by atoms with E-state index in [9.17, 15) is 9.90 Å². The van der Waals surface area contributed by atoms with Crippen LogP contribution in [0.5, 0.6) is 0 Å². The van der Waals surface area contributed by atoms with Gasteiger partial charge in [-0.1, -0.05) is 26.2 Å². The van der Waals surface area contributed by atoms with Crippen LogP contribution in [-0.4, -0.2) is 26.8 Å². The first-order chi connectivity index (χ1) is 11.6. The lowest BCUT2D eigenvalue weighted by molar-refractivity contribution is -0.122. The van der Waals surface area contributed by atoms with Crippen LogP contribution in [0.4, 0.5) is 5.69 Å². The fourth-order valence-corrected chi connectivity index (χ4v) is 3.10. The van der Waals surface area contributed by atoms with E-state index in [0.29, 0.717) is 36.7 Å². The highest BCUT2D eigenvalue weighted by Crippen LogP contribution is 2.31. The minimum absolute atomic E-state index is 0.151. The van der Waals surface area contributed by atoms with Gasteiger partial charge in [0.05, 0.1) is 12.0 Å². The fourth-order valence-electron chi connectivity index (χ4n) is 3.10. The molecule has 1 saturated carbocycles. The van der Waals surface area contributed by atoms with Crippen molar-refractivity contribution in [3.63, 3.8) is 0 Å². The molecule has 1 fully saturated rings. The highest BCUT2D eigenvalue weighted by atomic mass is 16.4. The van der Waals surface area contributed by atoms with Crippen molar-refractivity contribution < 1.29 is 14.3 Å². The third-order valence-corrected chi connectivity index (χ3v) is 4.46. The molecule has 0 bridgehead atoms. The van der Waals surface area contributed by atoms with Crippen LogP contribution >= 0.6 is 0 Å². The number of aliphatic hydroxyl groups is 1. The molecule has 6 nitrogen and oxygen atoms in total. The molecule has 0 aliphatic heterocycles. The maximum atomic E-state index is 12.2. The summed E-state index contributed by atoms with van der Waals surface area (Å²) < 4.78 is 5.51. The van der Waals surface area contributed by atoms with Crippen LogP contribution in [0.25, 0.3) is 11.5 Å². The zero-order valence-electron chi connectivity index (χ0n) is 13.9. The number of anilines is 1. The molecule has 128 valence electrons. The normalized spacial score (nSPS) is 16.8. The zero-order chi connectivity index (χ0) is 17.0. The van der Waals surface area contributed by atoms with Crippen molar-refractivity contribution in [1.82, 2.24) is 10.2 Å². The Hall–Kier alpha value is -2.21. The van der Waals surface area contributed by atoms with Crippen molar-refractivity contribution in [3.8, 4) is 11.5 Å². The summed E-state index contributed by atoms with van der Waals surface area (Å²) in [5.41, 5.74) is 0.660. The van der Waals surface area contributed by atoms with Gasteiger partial charge in [0, 0.05) is 17.7 Å². The van der Waals surface area contributed by atoms with Crippen LogP contribution in [-0.2, 0) is 11.2 Å². The largest absolute Gasteiger partial charge is 0.421 e. The average Bonchev–Trinajstić information content (AvgIpc) is 3.04. The molecule has 1 aliphatic rings. The van der Waals surface area contributed by atoms with Gasteiger partial charge in [-0.05, 0) is 37.1 Å². The first-order valence-electron chi connectivity index (χ1n) is 8.53. The SMILES string of the molecule is CCc1nnc(-c2ccc(NC(=O)CC3(O)CCCCC3)cc2)o1. The fraction of sp³-hybridized carbons (Fsp3) is 0.500. The molecule has 2 N–H and O–H groups in total. The molecule has 1 heterocycles. The summed E-state index contributed by atoms with van der Waals surface area (Å²) in [6, 6.07) is 7.26. The number of amides is 1. The van der Waals surface area contributed by atoms with Crippen LogP contribution < -0.4 is 5.32 Å². The Kier molecular flexibility index (Phi) is 4.94. The molecule has 1 aromatic heterocycles.